The predicted molar refractivity (Wildman–Crippen MR) is 96.3 cm³/mol. The molecule has 0 amide bonds. The van der Waals surface area contributed by atoms with Crippen molar-refractivity contribution in [2.45, 2.75) is 13.0 Å². The van der Waals surface area contributed by atoms with Gasteiger partial charge in [-0.3, -0.25) is 0 Å². The van der Waals surface area contributed by atoms with Crippen molar-refractivity contribution in [3.8, 4) is 5.75 Å². The first-order valence-corrected chi connectivity index (χ1v) is 8.26. The van der Waals surface area contributed by atoms with Crippen molar-refractivity contribution in [1.82, 2.24) is 9.88 Å². The number of ether oxygens (including phenoxy) is 1. The molecule has 0 bridgehead atoms. The van der Waals surface area contributed by atoms with Gasteiger partial charge in [0, 0.05) is 23.7 Å². The lowest BCUT2D eigenvalue weighted by atomic mass is 10.1. The molecule has 0 saturated heterocycles. The van der Waals surface area contributed by atoms with Crippen molar-refractivity contribution in [3.05, 3.63) is 64.6 Å². The molecule has 126 valence electrons. The van der Waals surface area contributed by atoms with Gasteiger partial charge in [-0.2, -0.15) is 0 Å². The Hall–Kier alpha value is -2.04. The van der Waals surface area contributed by atoms with Gasteiger partial charge in [0.05, 0.1) is 5.52 Å². The number of hydrogen-bond donors (Lipinski definition) is 1. The van der Waals surface area contributed by atoms with Gasteiger partial charge in [-0.25, -0.2) is 4.39 Å². The molecule has 1 heterocycles. The first-order valence-electron chi connectivity index (χ1n) is 7.88. The largest absolute Gasteiger partial charge is 0.485 e. The zero-order chi connectivity index (χ0) is 17.1. The van der Waals surface area contributed by atoms with E-state index in [9.17, 15) is 4.39 Å². The summed E-state index contributed by atoms with van der Waals surface area (Å²) in [6.45, 7) is 1.12. The highest BCUT2D eigenvalue weighted by Gasteiger charge is 2.16. The van der Waals surface area contributed by atoms with Crippen molar-refractivity contribution < 1.29 is 9.13 Å². The third kappa shape index (κ3) is 3.40. The van der Waals surface area contributed by atoms with Crippen LogP contribution in [0.25, 0.3) is 10.9 Å². The lowest BCUT2D eigenvalue weighted by Crippen LogP contribution is -2.10. The van der Waals surface area contributed by atoms with E-state index in [4.69, 9.17) is 16.3 Å². The second-order valence-corrected chi connectivity index (χ2v) is 6.24. The van der Waals surface area contributed by atoms with Crippen LogP contribution in [0.4, 0.5) is 4.39 Å². The van der Waals surface area contributed by atoms with Crippen LogP contribution in [0.15, 0.2) is 42.6 Å². The Kier molecular flexibility index (Phi) is 5.07. The SMILES string of the molecule is CNCCc1cn(C)c2ccc(F)c(OCc3ccc(Cl)cc3)c12. The van der Waals surface area contributed by atoms with Crippen LogP contribution in [0.2, 0.25) is 5.02 Å². The van der Waals surface area contributed by atoms with Crippen LogP contribution in [0.5, 0.6) is 5.75 Å². The quantitative estimate of drug-likeness (QED) is 0.719. The summed E-state index contributed by atoms with van der Waals surface area (Å²) in [6, 6.07) is 10.6. The van der Waals surface area contributed by atoms with E-state index < -0.39 is 0 Å². The monoisotopic (exact) mass is 346 g/mol. The summed E-state index contributed by atoms with van der Waals surface area (Å²) in [7, 11) is 3.87. The van der Waals surface area contributed by atoms with E-state index in [-0.39, 0.29) is 5.82 Å². The minimum absolute atomic E-state index is 0.299. The topological polar surface area (TPSA) is 26.2 Å². The Morgan fingerprint density at radius 1 is 1.17 bits per heavy atom. The Morgan fingerprint density at radius 2 is 1.92 bits per heavy atom. The van der Waals surface area contributed by atoms with E-state index in [0.29, 0.717) is 17.4 Å². The molecule has 24 heavy (non-hydrogen) atoms. The van der Waals surface area contributed by atoms with Gasteiger partial charge in [-0.05, 0) is 55.4 Å². The molecule has 0 saturated carbocycles. The van der Waals surface area contributed by atoms with Crippen molar-refractivity contribution in [3.63, 3.8) is 0 Å². The number of nitrogens with one attached hydrogen (secondary N) is 1. The maximum Gasteiger partial charge on any atom is 0.165 e. The lowest BCUT2D eigenvalue weighted by Gasteiger charge is -2.11. The fourth-order valence-electron chi connectivity index (χ4n) is 2.85. The summed E-state index contributed by atoms with van der Waals surface area (Å²) in [5, 5.41) is 4.65. The molecule has 3 rings (SSSR count). The number of likely N-dealkylation sites (N-methyl/N-ethyl adjacent to an activating group) is 1. The third-order valence-electron chi connectivity index (χ3n) is 4.08. The average molecular weight is 347 g/mol. The zero-order valence-corrected chi connectivity index (χ0v) is 14.5. The number of halogens is 2. The summed E-state index contributed by atoms with van der Waals surface area (Å²) in [5.74, 6) is -0.0254. The number of fused-ring (bicyclic) bond motifs is 1. The van der Waals surface area contributed by atoms with Crippen LogP contribution in [-0.4, -0.2) is 18.2 Å². The molecular formula is C19H20ClFN2O. The molecule has 0 atom stereocenters. The Bertz CT molecular complexity index is 843. The van der Waals surface area contributed by atoms with Gasteiger partial charge in [-0.15, -0.1) is 0 Å². The smallest absolute Gasteiger partial charge is 0.165 e. The van der Waals surface area contributed by atoms with Crippen LogP contribution in [0.1, 0.15) is 11.1 Å². The molecule has 1 aromatic heterocycles. The van der Waals surface area contributed by atoms with Gasteiger partial charge in [-0.1, -0.05) is 23.7 Å². The molecular weight excluding hydrogens is 327 g/mol. The second-order valence-electron chi connectivity index (χ2n) is 5.80. The highest BCUT2D eigenvalue weighted by atomic mass is 35.5. The predicted octanol–water partition coefficient (Wildman–Crippen LogP) is 4.31. The molecule has 5 heteroatoms. The molecule has 0 aliphatic heterocycles. The first kappa shape index (κ1) is 16.8. The lowest BCUT2D eigenvalue weighted by molar-refractivity contribution is 0.294. The summed E-state index contributed by atoms with van der Waals surface area (Å²) in [5.41, 5.74) is 2.99. The minimum Gasteiger partial charge on any atom is -0.485 e. The molecule has 0 radical (unpaired) electrons. The van der Waals surface area contributed by atoms with Gasteiger partial charge in [0.1, 0.15) is 6.61 Å². The maximum absolute atomic E-state index is 14.4. The first-order chi connectivity index (χ1) is 11.6. The highest BCUT2D eigenvalue weighted by molar-refractivity contribution is 6.30. The standard InChI is InChI=1S/C19H20ClFN2O/c1-22-10-9-14-11-23(2)17-8-7-16(21)19(18(14)17)24-12-13-3-5-15(20)6-4-13/h3-8,11,22H,9-10,12H2,1-2H3. The van der Waals surface area contributed by atoms with Crippen molar-refractivity contribution >= 4 is 22.5 Å². The Balaban J connectivity index is 1.95. The van der Waals surface area contributed by atoms with Gasteiger partial charge >= 0.3 is 0 Å². The van der Waals surface area contributed by atoms with Crippen molar-refractivity contribution in [2.24, 2.45) is 7.05 Å². The molecule has 0 aliphatic rings. The number of hydrogen-bond acceptors (Lipinski definition) is 2. The Labute approximate surface area is 146 Å². The molecule has 0 fully saturated rings. The number of aryl methyl sites for hydroxylation is 1. The summed E-state index contributed by atoms with van der Waals surface area (Å²) < 4.78 is 22.3. The molecule has 0 unspecified atom stereocenters. The summed E-state index contributed by atoms with van der Waals surface area (Å²) in [4.78, 5) is 0. The van der Waals surface area contributed by atoms with E-state index in [1.807, 2.05) is 37.0 Å². The van der Waals surface area contributed by atoms with Crippen molar-refractivity contribution in [1.29, 1.82) is 0 Å². The minimum atomic E-state index is -0.339. The normalized spacial score (nSPS) is 11.2. The zero-order valence-electron chi connectivity index (χ0n) is 13.8. The van der Waals surface area contributed by atoms with Crippen LogP contribution >= 0.6 is 11.6 Å². The fourth-order valence-corrected chi connectivity index (χ4v) is 2.97. The molecule has 0 aliphatic carbocycles. The molecule has 3 nitrogen and oxygen atoms in total. The van der Waals surface area contributed by atoms with Gasteiger partial charge in [0.25, 0.3) is 0 Å². The number of nitrogens with zero attached hydrogens (tertiary/aromatic N) is 1. The molecule has 1 N–H and O–H groups in total. The summed E-state index contributed by atoms with van der Waals surface area (Å²) >= 11 is 5.89. The number of benzene rings is 2. The van der Waals surface area contributed by atoms with E-state index in [0.717, 1.165) is 35.0 Å². The fraction of sp³-hybridized carbons (Fsp3) is 0.263. The molecule has 3 aromatic rings. The second kappa shape index (κ2) is 7.24. The molecule has 0 spiro atoms. The number of rotatable bonds is 6. The van der Waals surface area contributed by atoms with E-state index in [2.05, 4.69) is 5.32 Å². The van der Waals surface area contributed by atoms with Crippen LogP contribution < -0.4 is 10.1 Å². The van der Waals surface area contributed by atoms with E-state index in [1.54, 1.807) is 18.2 Å². The van der Waals surface area contributed by atoms with E-state index in [1.165, 1.54) is 6.07 Å². The maximum atomic E-state index is 14.4. The van der Waals surface area contributed by atoms with Crippen molar-refractivity contribution in [2.75, 3.05) is 13.6 Å². The molecule has 2 aromatic carbocycles. The average Bonchev–Trinajstić information content (AvgIpc) is 2.90. The van der Waals surface area contributed by atoms with Gasteiger partial charge in [0.15, 0.2) is 11.6 Å². The summed E-state index contributed by atoms with van der Waals surface area (Å²) in [6.07, 6.45) is 2.85. The third-order valence-corrected chi connectivity index (χ3v) is 4.33. The Morgan fingerprint density at radius 3 is 2.62 bits per heavy atom. The number of aromatic nitrogens is 1. The van der Waals surface area contributed by atoms with Gasteiger partial charge < -0.3 is 14.6 Å². The van der Waals surface area contributed by atoms with E-state index >= 15 is 0 Å². The highest BCUT2D eigenvalue weighted by Crippen LogP contribution is 2.33. The van der Waals surface area contributed by atoms with Crippen LogP contribution in [-0.2, 0) is 20.1 Å². The van der Waals surface area contributed by atoms with Gasteiger partial charge in [0.2, 0.25) is 0 Å². The van der Waals surface area contributed by atoms with Crippen LogP contribution in [0, 0.1) is 5.82 Å². The van der Waals surface area contributed by atoms with Crippen LogP contribution in [0.3, 0.4) is 0 Å².